The van der Waals surface area contributed by atoms with Crippen LogP contribution in [-0.4, -0.2) is 21.0 Å². The molecule has 4 heteroatoms. The molecule has 0 fully saturated rings. The van der Waals surface area contributed by atoms with Crippen molar-refractivity contribution in [1.29, 1.82) is 0 Å². The molecule has 0 saturated carbocycles. The van der Waals surface area contributed by atoms with Crippen LogP contribution < -0.4 is 0 Å². The first-order valence-corrected chi connectivity index (χ1v) is 5.30. The lowest BCUT2D eigenvalue weighted by molar-refractivity contribution is -0.138. The summed E-state index contributed by atoms with van der Waals surface area (Å²) < 4.78 is 0. The minimum Gasteiger partial charge on any atom is -0.481 e. The van der Waals surface area contributed by atoms with Gasteiger partial charge in [-0.15, -0.1) is 0 Å². The standard InChI is InChI=1S/C13H12N2O2/c16-13(17)12(10-4-2-1-3-5-10)8-11-9-14-6-7-15-11/h1-7,9,12H,8H2,(H,16,17). The van der Waals surface area contributed by atoms with E-state index in [4.69, 9.17) is 0 Å². The van der Waals surface area contributed by atoms with Gasteiger partial charge in [-0.25, -0.2) is 0 Å². The summed E-state index contributed by atoms with van der Waals surface area (Å²) >= 11 is 0. The molecule has 2 rings (SSSR count). The van der Waals surface area contributed by atoms with E-state index in [9.17, 15) is 9.90 Å². The lowest BCUT2D eigenvalue weighted by Gasteiger charge is -2.11. The molecule has 1 heterocycles. The third kappa shape index (κ3) is 2.87. The van der Waals surface area contributed by atoms with Gasteiger partial charge in [-0.2, -0.15) is 0 Å². The second-order valence-corrected chi connectivity index (χ2v) is 3.70. The maximum atomic E-state index is 11.3. The molecule has 0 aliphatic heterocycles. The molecule has 1 aromatic heterocycles. The Bertz CT molecular complexity index is 485. The Hall–Kier alpha value is -2.23. The van der Waals surface area contributed by atoms with Crippen molar-refractivity contribution in [1.82, 2.24) is 9.97 Å². The van der Waals surface area contributed by atoms with E-state index in [1.54, 1.807) is 18.6 Å². The van der Waals surface area contributed by atoms with Gasteiger partial charge in [-0.05, 0) is 5.56 Å². The molecule has 0 saturated heterocycles. The van der Waals surface area contributed by atoms with Crippen molar-refractivity contribution < 1.29 is 9.90 Å². The van der Waals surface area contributed by atoms with Crippen LogP contribution in [0.3, 0.4) is 0 Å². The van der Waals surface area contributed by atoms with Crippen LogP contribution in [0.15, 0.2) is 48.9 Å². The van der Waals surface area contributed by atoms with Crippen LogP contribution in [0.4, 0.5) is 0 Å². The molecule has 0 amide bonds. The van der Waals surface area contributed by atoms with E-state index >= 15 is 0 Å². The first kappa shape index (κ1) is 11.3. The number of carboxylic acid groups (broad SMARTS) is 1. The fourth-order valence-corrected chi connectivity index (χ4v) is 1.68. The fourth-order valence-electron chi connectivity index (χ4n) is 1.68. The van der Waals surface area contributed by atoms with Crippen LogP contribution in [0.25, 0.3) is 0 Å². The van der Waals surface area contributed by atoms with Gasteiger partial charge >= 0.3 is 5.97 Å². The smallest absolute Gasteiger partial charge is 0.311 e. The van der Waals surface area contributed by atoms with Crippen LogP contribution in [0.1, 0.15) is 17.2 Å². The summed E-state index contributed by atoms with van der Waals surface area (Å²) in [5.41, 5.74) is 1.47. The number of nitrogens with zero attached hydrogens (tertiary/aromatic N) is 2. The summed E-state index contributed by atoms with van der Waals surface area (Å²) in [5.74, 6) is -1.42. The van der Waals surface area contributed by atoms with Crippen LogP contribution in [-0.2, 0) is 11.2 Å². The van der Waals surface area contributed by atoms with E-state index in [2.05, 4.69) is 9.97 Å². The molecule has 0 bridgehead atoms. The SMILES string of the molecule is O=C(O)C(Cc1cnccn1)c1ccccc1. The summed E-state index contributed by atoms with van der Waals surface area (Å²) in [4.78, 5) is 19.3. The highest BCUT2D eigenvalue weighted by molar-refractivity contribution is 5.76. The van der Waals surface area contributed by atoms with Crippen LogP contribution in [0.2, 0.25) is 0 Å². The number of aliphatic carboxylic acids is 1. The predicted molar refractivity (Wildman–Crippen MR) is 62.6 cm³/mol. The Morgan fingerprint density at radius 2 is 2.00 bits per heavy atom. The van der Waals surface area contributed by atoms with E-state index < -0.39 is 11.9 Å². The Morgan fingerprint density at radius 1 is 1.24 bits per heavy atom. The number of rotatable bonds is 4. The van der Waals surface area contributed by atoms with Crippen molar-refractivity contribution >= 4 is 5.97 Å². The van der Waals surface area contributed by atoms with Crippen LogP contribution in [0, 0.1) is 0 Å². The van der Waals surface area contributed by atoms with Crippen molar-refractivity contribution in [3.63, 3.8) is 0 Å². The topological polar surface area (TPSA) is 63.1 Å². The summed E-state index contributed by atoms with van der Waals surface area (Å²) in [5, 5.41) is 9.24. The van der Waals surface area contributed by atoms with E-state index in [-0.39, 0.29) is 0 Å². The van der Waals surface area contributed by atoms with Gasteiger partial charge in [0, 0.05) is 25.0 Å². The molecule has 1 N–H and O–H groups in total. The molecule has 1 atom stereocenters. The Morgan fingerprint density at radius 3 is 2.59 bits per heavy atom. The number of carboxylic acids is 1. The molecular formula is C13H12N2O2. The van der Waals surface area contributed by atoms with Gasteiger partial charge in [0.25, 0.3) is 0 Å². The minimum atomic E-state index is -0.846. The molecule has 0 aliphatic carbocycles. The van der Waals surface area contributed by atoms with E-state index in [0.29, 0.717) is 12.1 Å². The van der Waals surface area contributed by atoms with Crippen molar-refractivity contribution in [3.8, 4) is 0 Å². The molecule has 0 aliphatic rings. The van der Waals surface area contributed by atoms with Crippen LogP contribution >= 0.6 is 0 Å². The molecule has 0 radical (unpaired) electrons. The zero-order valence-corrected chi connectivity index (χ0v) is 9.15. The van der Waals surface area contributed by atoms with Crippen molar-refractivity contribution in [3.05, 3.63) is 60.2 Å². The quantitative estimate of drug-likeness (QED) is 0.867. The lowest BCUT2D eigenvalue weighted by Crippen LogP contribution is -2.15. The molecule has 4 nitrogen and oxygen atoms in total. The van der Waals surface area contributed by atoms with Gasteiger partial charge < -0.3 is 5.11 Å². The van der Waals surface area contributed by atoms with Crippen molar-refractivity contribution in [2.75, 3.05) is 0 Å². The van der Waals surface area contributed by atoms with E-state index in [1.807, 2.05) is 30.3 Å². The molecular weight excluding hydrogens is 216 g/mol. The normalized spacial score (nSPS) is 12.0. The number of hydrogen-bond acceptors (Lipinski definition) is 3. The Labute approximate surface area is 99.0 Å². The monoisotopic (exact) mass is 228 g/mol. The fraction of sp³-hybridized carbons (Fsp3) is 0.154. The average Bonchev–Trinajstić information content (AvgIpc) is 2.38. The van der Waals surface area contributed by atoms with Gasteiger partial charge in [0.2, 0.25) is 0 Å². The second kappa shape index (κ2) is 5.21. The third-order valence-electron chi connectivity index (χ3n) is 2.53. The summed E-state index contributed by atoms with van der Waals surface area (Å²) in [6.45, 7) is 0. The summed E-state index contributed by atoms with van der Waals surface area (Å²) in [6, 6.07) is 9.17. The maximum Gasteiger partial charge on any atom is 0.311 e. The third-order valence-corrected chi connectivity index (χ3v) is 2.53. The predicted octanol–water partition coefficient (Wildman–Crippen LogP) is 1.89. The zero-order valence-electron chi connectivity index (χ0n) is 9.15. The molecule has 17 heavy (non-hydrogen) atoms. The lowest BCUT2D eigenvalue weighted by atomic mass is 9.94. The second-order valence-electron chi connectivity index (χ2n) is 3.70. The highest BCUT2D eigenvalue weighted by atomic mass is 16.4. The highest BCUT2D eigenvalue weighted by Gasteiger charge is 2.20. The highest BCUT2D eigenvalue weighted by Crippen LogP contribution is 2.19. The van der Waals surface area contributed by atoms with Gasteiger partial charge in [0.05, 0.1) is 11.6 Å². The summed E-state index contributed by atoms with van der Waals surface area (Å²) in [7, 11) is 0. The zero-order chi connectivity index (χ0) is 12.1. The molecule has 0 spiro atoms. The molecule has 1 unspecified atom stereocenters. The molecule has 2 aromatic rings. The first-order valence-electron chi connectivity index (χ1n) is 5.30. The van der Waals surface area contributed by atoms with Crippen LogP contribution in [0.5, 0.6) is 0 Å². The average molecular weight is 228 g/mol. The maximum absolute atomic E-state index is 11.3. The van der Waals surface area contributed by atoms with Gasteiger partial charge in [-0.3, -0.25) is 14.8 Å². The number of hydrogen-bond donors (Lipinski definition) is 1. The van der Waals surface area contributed by atoms with Gasteiger partial charge in [0.15, 0.2) is 0 Å². The number of aromatic nitrogens is 2. The molecule has 86 valence electrons. The van der Waals surface area contributed by atoms with Crippen molar-refractivity contribution in [2.45, 2.75) is 12.3 Å². The van der Waals surface area contributed by atoms with Gasteiger partial charge in [0.1, 0.15) is 0 Å². The summed E-state index contributed by atoms with van der Waals surface area (Å²) in [6.07, 6.45) is 5.09. The number of carbonyl (C=O) groups is 1. The van der Waals surface area contributed by atoms with E-state index in [1.165, 1.54) is 0 Å². The minimum absolute atomic E-state index is 0.354. The first-order chi connectivity index (χ1) is 8.27. The Balaban J connectivity index is 2.23. The Kier molecular flexibility index (Phi) is 3.45. The molecule has 1 aromatic carbocycles. The largest absolute Gasteiger partial charge is 0.481 e. The number of benzene rings is 1. The van der Waals surface area contributed by atoms with Crippen molar-refractivity contribution in [2.24, 2.45) is 0 Å². The van der Waals surface area contributed by atoms with E-state index in [0.717, 1.165) is 5.56 Å². The van der Waals surface area contributed by atoms with Gasteiger partial charge in [-0.1, -0.05) is 30.3 Å².